The van der Waals surface area contributed by atoms with E-state index in [2.05, 4.69) is 76.7 Å². The minimum absolute atomic E-state index is 0.741. The molecule has 1 heterocycles. The molecule has 1 saturated heterocycles. The first-order valence-corrected chi connectivity index (χ1v) is 20.9. The van der Waals surface area contributed by atoms with Crippen molar-refractivity contribution in [1.29, 1.82) is 0 Å². The lowest BCUT2D eigenvalue weighted by atomic mass is 11.0. The van der Waals surface area contributed by atoms with E-state index in [0.29, 0.717) is 0 Å². The van der Waals surface area contributed by atoms with Gasteiger partial charge in [0.15, 0.2) is 0 Å². The van der Waals surface area contributed by atoms with E-state index in [9.17, 15) is 0 Å². The van der Waals surface area contributed by atoms with Gasteiger partial charge in [-0.1, -0.05) is 0 Å². The van der Waals surface area contributed by atoms with Gasteiger partial charge in [-0.05, 0) is 73.4 Å². The number of hydrogen-bond donors (Lipinski definition) is 4. The van der Waals surface area contributed by atoms with Crippen LogP contribution in [0.5, 0.6) is 0 Å². The largest absolute Gasteiger partial charge is 0.416 e. The smallest absolute Gasteiger partial charge is 0.318 e. The first-order chi connectivity index (χ1) is 11.1. The second kappa shape index (κ2) is 10.0. The van der Waals surface area contributed by atoms with Crippen LogP contribution in [-0.4, -0.2) is 57.3 Å². The maximum absolute atomic E-state index is 6.71. The average molecular weight is 481 g/mol. The highest BCUT2D eigenvalue weighted by atomic mass is 32.1. The third-order valence-corrected chi connectivity index (χ3v) is 25.0. The molecule has 0 amide bonds. The van der Waals surface area contributed by atoms with Crippen LogP contribution in [0.4, 0.5) is 0 Å². The topological polar surface area (TPSA) is 36.9 Å². The average Bonchev–Trinajstić information content (AvgIpc) is 2.35. The Bertz CT molecular complexity index is 327. The first kappa shape index (κ1) is 24.1. The molecule has 0 spiro atoms. The van der Waals surface area contributed by atoms with E-state index in [1.807, 2.05) is 0 Å². The fourth-order valence-corrected chi connectivity index (χ4v) is 29.7. The second-order valence-corrected chi connectivity index (χ2v) is 23.0. The van der Waals surface area contributed by atoms with Crippen LogP contribution in [0.3, 0.4) is 0 Å². The molecule has 0 aromatic carbocycles. The summed E-state index contributed by atoms with van der Waals surface area (Å²) in [7, 11) is -9.67. The Kier molecular flexibility index (Phi) is 10.1. The van der Waals surface area contributed by atoms with Gasteiger partial charge in [-0.15, -0.1) is 0 Å². The van der Waals surface area contributed by atoms with Crippen LogP contribution in [0, 0.1) is 0 Å². The third-order valence-electron chi connectivity index (χ3n) is 3.99. The molecule has 1 aliphatic heterocycles. The minimum Gasteiger partial charge on any atom is -0.416 e. The molecule has 0 atom stereocenters. The quantitative estimate of drug-likeness (QED) is 0.312. The number of hydrogen-bond acceptors (Lipinski definition) is 8. The number of thiol groups is 4. The molecule has 1 fully saturated rings. The highest BCUT2D eigenvalue weighted by molar-refractivity contribution is 7.80. The zero-order valence-electron chi connectivity index (χ0n) is 15.1. The summed E-state index contributed by atoms with van der Waals surface area (Å²) in [6, 6.07) is 3.33. The van der Waals surface area contributed by atoms with E-state index in [-0.39, 0.29) is 0 Å². The maximum Gasteiger partial charge on any atom is 0.318 e. The van der Waals surface area contributed by atoms with Gasteiger partial charge in [0.2, 0.25) is 0 Å². The predicted molar refractivity (Wildman–Crippen MR) is 125 cm³/mol. The van der Waals surface area contributed by atoms with Gasteiger partial charge in [0.05, 0.1) is 0 Å². The van der Waals surface area contributed by atoms with Gasteiger partial charge in [0.25, 0.3) is 0 Å². The molecule has 0 saturated carbocycles. The van der Waals surface area contributed by atoms with Gasteiger partial charge in [0.1, 0.15) is 0 Å². The summed E-state index contributed by atoms with van der Waals surface area (Å²) >= 11 is 17.7. The molecule has 0 N–H and O–H groups in total. The minimum atomic E-state index is -2.42. The Balaban J connectivity index is 3.24. The SMILES string of the molecule is C[Si]1(CCS)O[Si](C)(CCS)O[Si](C)(CCS)O[Si](C)(CCS)O1. The van der Waals surface area contributed by atoms with E-state index >= 15 is 0 Å². The van der Waals surface area contributed by atoms with Gasteiger partial charge in [-0.2, -0.15) is 50.5 Å². The molecule has 0 aromatic rings. The molecule has 4 nitrogen and oxygen atoms in total. The highest BCUT2D eigenvalue weighted by Gasteiger charge is 2.55. The van der Waals surface area contributed by atoms with Crippen LogP contribution >= 0.6 is 50.5 Å². The lowest BCUT2D eigenvalue weighted by molar-refractivity contribution is 0.226. The zero-order chi connectivity index (χ0) is 18.5. The summed E-state index contributed by atoms with van der Waals surface area (Å²) < 4.78 is 26.8. The van der Waals surface area contributed by atoms with Crippen molar-refractivity contribution in [1.82, 2.24) is 0 Å². The highest BCUT2D eigenvalue weighted by Crippen LogP contribution is 2.37. The summed E-state index contributed by atoms with van der Waals surface area (Å²) in [5, 5.41) is 0. The van der Waals surface area contributed by atoms with Crippen molar-refractivity contribution in [2.45, 2.75) is 50.4 Å². The van der Waals surface area contributed by atoms with Crippen LogP contribution in [0.1, 0.15) is 0 Å². The molecule has 0 aliphatic carbocycles. The van der Waals surface area contributed by atoms with E-state index in [0.717, 1.165) is 47.2 Å². The third kappa shape index (κ3) is 7.26. The molecular weight excluding hydrogens is 449 g/mol. The summed E-state index contributed by atoms with van der Waals surface area (Å²) in [4.78, 5) is 0. The molecular formula is C12H32O4S4Si4. The van der Waals surface area contributed by atoms with E-state index in [1.165, 1.54) is 0 Å². The number of rotatable bonds is 8. The van der Waals surface area contributed by atoms with Gasteiger partial charge in [-0.25, -0.2) is 0 Å². The van der Waals surface area contributed by atoms with E-state index in [4.69, 9.17) is 16.5 Å². The summed E-state index contributed by atoms with van der Waals surface area (Å²) in [6.45, 7) is 8.53. The Morgan fingerprint density at radius 2 is 0.625 bits per heavy atom. The van der Waals surface area contributed by atoms with Crippen molar-refractivity contribution in [2.24, 2.45) is 0 Å². The predicted octanol–water partition coefficient (Wildman–Crippen LogP) is 4.07. The fourth-order valence-electron chi connectivity index (χ4n) is 3.13. The molecule has 0 radical (unpaired) electrons. The van der Waals surface area contributed by atoms with E-state index < -0.39 is 34.2 Å². The zero-order valence-corrected chi connectivity index (χ0v) is 22.7. The van der Waals surface area contributed by atoms with Crippen LogP contribution in [0.25, 0.3) is 0 Å². The Morgan fingerprint density at radius 3 is 0.750 bits per heavy atom. The lowest BCUT2D eigenvalue weighted by Crippen LogP contribution is -2.67. The van der Waals surface area contributed by atoms with E-state index in [1.54, 1.807) is 0 Å². The first-order valence-electron chi connectivity index (χ1n) is 8.31. The van der Waals surface area contributed by atoms with Crippen molar-refractivity contribution in [3.05, 3.63) is 0 Å². The second-order valence-electron chi connectivity index (χ2n) is 6.84. The molecule has 1 aliphatic rings. The Labute approximate surface area is 173 Å². The summed E-state index contributed by atoms with van der Waals surface area (Å²) in [5.74, 6) is 2.96. The molecule has 0 aromatic heterocycles. The standard InChI is InChI=1S/C12H32O4S4Si4/c1-21(9-5-17)13-22(2,10-6-18)15-24(4,12-8-20)16-23(3,14-21)11-7-19/h17-20H,5-12H2,1-4H3. The Hall–Kier alpha value is 2.11. The van der Waals surface area contributed by atoms with Crippen molar-refractivity contribution in [3.63, 3.8) is 0 Å². The van der Waals surface area contributed by atoms with Crippen molar-refractivity contribution >= 4 is 84.8 Å². The molecule has 0 unspecified atom stereocenters. The molecule has 1 rings (SSSR count). The Morgan fingerprint density at radius 1 is 0.458 bits per heavy atom. The lowest BCUT2D eigenvalue weighted by Gasteiger charge is -2.50. The fraction of sp³-hybridized carbons (Fsp3) is 1.00. The van der Waals surface area contributed by atoms with Crippen LogP contribution in [0.2, 0.25) is 50.4 Å². The summed E-state index contributed by atoms with van der Waals surface area (Å²) in [6.07, 6.45) is 0. The van der Waals surface area contributed by atoms with Crippen molar-refractivity contribution < 1.29 is 16.5 Å². The van der Waals surface area contributed by atoms with Gasteiger partial charge < -0.3 is 16.5 Å². The van der Waals surface area contributed by atoms with Crippen LogP contribution in [0.15, 0.2) is 0 Å². The maximum atomic E-state index is 6.71. The van der Waals surface area contributed by atoms with Crippen molar-refractivity contribution in [2.75, 3.05) is 23.0 Å². The molecule has 12 heteroatoms. The van der Waals surface area contributed by atoms with Crippen molar-refractivity contribution in [3.8, 4) is 0 Å². The normalized spacial score (nSPS) is 41.0. The molecule has 24 heavy (non-hydrogen) atoms. The van der Waals surface area contributed by atoms with Gasteiger partial charge >= 0.3 is 34.2 Å². The van der Waals surface area contributed by atoms with Gasteiger partial charge in [-0.3, -0.25) is 0 Å². The molecule has 0 bridgehead atoms. The monoisotopic (exact) mass is 480 g/mol. The molecule has 144 valence electrons. The van der Waals surface area contributed by atoms with Crippen LogP contribution < -0.4 is 0 Å². The summed E-state index contributed by atoms with van der Waals surface area (Å²) in [5.41, 5.74) is 0. The van der Waals surface area contributed by atoms with Crippen LogP contribution in [-0.2, 0) is 16.5 Å². The van der Waals surface area contributed by atoms with Gasteiger partial charge in [0, 0.05) is 0 Å².